The highest BCUT2D eigenvalue weighted by Gasteiger charge is 2.27. The number of hydrogen-bond donors (Lipinski definition) is 0. The first kappa shape index (κ1) is 23.6. The first-order chi connectivity index (χ1) is 17.1. The molecule has 0 saturated carbocycles. The molecular formula is C29H31ClN4O. The zero-order valence-electron chi connectivity index (χ0n) is 20.1. The molecule has 1 atom stereocenters. The highest BCUT2D eigenvalue weighted by atomic mass is 35.5. The second-order valence-electron chi connectivity index (χ2n) is 9.20. The molecule has 1 aliphatic heterocycles. The van der Waals surface area contributed by atoms with Crippen LogP contribution in [0.1, 0.15) is 36.0 Å². The van der Waals surface area contributed by atoms with Crippen LogP contribution in [0.25, 0.3) is 10.9 Å². The predicted molar refractivity (Wildman–Crippen MR) is 142 cm³/mol. The standard InChI is InChI=1S/C29H31ClN4O/c1-2-32-14-16-33(17-15-32)29(35)18-25(23-12-13-28(30)31-19-23)26-21-34(20-22-8-4-3-5-9-22)27-11-7-6-10-24(26)27/h3-13,19,21,25H,2,14-18,20H2,1H3. The molecule has 1 aliphatic rings. The van der Waals surface area contributed by atoms with Gasteiger partial charge in [-0.25, -0.2) is 4.98 Å². The van der Waals surface area contributed by atoms with Crippen LogP contribution in [0.4, 0.5) is 0 Å². The maximum absolute atomic E-state index is 13.5. The topological polar surface area (TPSA) is 41.4 Å². The zero-order valence-corrected chi connectivity index (χ0v) is 20.9. The van der Waals surface area contributed by atoms with Crippen molar-refractivity contribution in [3.05, 3.63) is 101 Å². The Morgan fingerprint density at radius 1 is 0.971 bits per heavy atom. The third kappa shape index (κ3) is 5.26. The number of carbonyl (C=O) groups excluding carboxylic acids is 1. The monoisotopic (exact) mass is 486 g/mol. The van der Waals surface area contributed by atoms with Gasteiger partial charge in [-0.3, -0.25) is 4.79 Å². The van der Waals surface area contributed by atoms with Crippen LogP contribution >= 0.6 is 11.6 Å². The van der Waals surface area contributed by atoms with Crippen molar-refractivity contribution in [2.24, 2.45) is 0 Å². The average Bonchev–Trinajstić information content (AvgIpc) is 3.26. The summed E-state index contributed by atoms with van der Waals surface area (Å²) in [6.07, 6.45) is 4.45. The average molecular weight is 487 g/mol. The van der Waals surface area contributed by atoms with Gasteiger partial charge in [0, 0.05) is 68.4 Å². The van der Waals surface area contributed by atoms with Gasteiger partial charge < -0.3 is 14.4 Å². The lowest BCUT2D eigenvalue weighted by atomic mass is 9.88. The van der Waals surface area contributed by atoms with Crippen molar-refractivity contribution in [3.8, 4) is 0 Å². The van der Waals surface area contributed by atoms with Gasteiger partial charge in [0.2, 0.25) is 5.91 Å². The van der Waals surface area contributed by atoms with Gasteiger partial charge in [0.15, 0.2) is 0 Å². The van der Waals surface area contributed by atoms with E-state index in [9.17, 15) is 4.79 Å². The Kier molecular flexibility index (Phi) is 7.16. The van der Waals surface area contributed by atoms with Crippen LogP contribution in [0.2, 0.25) is 5.15 Å². The van der Waals surface area contributed by atoms with E-state index in [-0.39, 0.29) is 11.8 Å². The van der Waals surface area contributed by atoms with Crippen LogP contribution < -0.4 is 0 Å². The number of fused-ring (bicyclic) bond motifs is 1. The summed E-state index contributed by atoms with van der Waals surface area (Å²) >= 11 is 6.11. The molecule has 3 heterocycles. The molecule has 6 heteroatoms. The Balaban J connectivity index is 1.51. The van der Waals surface area contributed by atoms with Gasteiger partial charge in [0.05, 0.1) is 0 Å². The van der Waals surface area contributed by atoms with Crippen molar-refractivity contribution in [3.63, 3.8) is 0 Å². The highest BCUT2D eigenvalue weighted by molar-refractivity contribution is 6.29. The van der Waals surface area contributed by atoms with E-state index in [1.54, 1.807) is 0 Å². The second kappa shape index (κ2) is 10.6. The Morgan fingerprint density at radius 2 is 1.71 bits per heavy atom. The van der Waals surface area contributed by atoms with Gasteiger partial charge in [0.1, 0.15) is 5.15 Å². The highest BCUT2D eigenvalue weighted by Crippen LogP contribution is 2.35. The molecule has 35 heavy (non-hydrogen) atoms. The molecule has 0 bridgehead atoms. The lowest BCUT2D eigenvalue weighted by Crippen LogP contribution is -2.48. The fraction of sp³-hybridized carbons (Fsp3) is 0.310. The largest absolute Gasteiger partial charge is 0.343 e. The van der Waals surface area contributed by atoms with Gasteiger partial charge in [-0.1, -0.05) is 73.1 Å². The maximum Gasteiger partial charge on any atom is 0.223 e. The third-order valence-corrected chi connectivity index (χ3v) is 7.32. The van der Waals surface area contributed by atoms with E-state index in [1.165, 1.54) is 16.5 Å². The van der Waals surface area contributed by atoms with E-state index in [0.29, 0.717) is 11.6 Å². The summed E-state index contributed by atoms with van der Waals surface area (Å²) in [7, 11) is 0. The number of halogens is 1. The number of para-hydroxylation sites is 1. The van der Waals surface area contributed by atoms with Crippen molar-refractivity contribution in [1.29, 1.82) is 0 Å². The Labute approximate surface area is 211 Å². The number of amides is 1. The number of nitrogens with zero attached hydrogens (tertiary/aromatic N) is 4. The minimum Gasteiger partial charge on any atom is -0.343 e. The van der Waals surface area contributed by atoms with Crippen LogP contribution in [0.15, 0.2) is 79.1 Å². The molecule has 180 valence electrons. The van der Waals surface area contributed by atoms with Gasteiger partial charge in [-0.05, 0) is 35.4 Å². The Bertz CT molecular complexity index is 1280. The molecule has 1 fully saturated rings. The van der Waals surface area contributed by atoms with Crippen molar-refractivity contribution >= 4 is 28.4 Å². The van der Waals surface area contributed by atoms with Gasteiger partial charge in [-0.15, -0.1) is 0 Å². The smallest absolute Gasteiger partial charge is 0.223 e. The van der Waals surface area contributed by atoms with E-state index < -0.39 is 0 Å². The lowest BCUT2D eigenvalue weighted by Gasteiger charge is -2.34. The van der Waals surface area contributed by atoms with Gasteiger partial charge in [0.25, 0.3) is 0 Å². The molecule has 0 radical (unpaired) electrons. The Morgan fingerprint density at radius 3 is 2.43 bits per heavy atom. The second-order valence-corrected chi connectivity index (χ2v) is 9.59. The molecule has 5 nitrogen and oxygen atoms in total. The summed E-state index contributed by atoms with van der Waals surface area (Å²) in [5, 5.41) is 1.63. The number of aromatic nitrogens is 2. The number of piperazine rings is 1. The first-order valence-electron chi connectivity index (χ1n) is 12.4. The van der Waals surface area contributed by atoms with E-state index in [4.69, 9.17) is 11.6 Å². The van der Waals surface area contributed by atoms with Crippen LogP contribution in [0, 0.1) is 0 Å². The van der Waals surface area contributed by atoms with Gasteiger partial charge in [-0.2, -0.15) is 0 Å². The van der Waals surface area contributed by atoms with Crippen LogP contribution in [0.3, 0.4) is 0 Å². The molecule has 0 N–H and O–H groups in total. The Hall–Kier alpha value is -3.15. The van der Waals surface area contributed by atoms with E-state index in [2.05, 4.69) is 76.1 Å². The molecular weight excluding hydrogens is 456 g/mol. The molecule has 0 aliphatic carbocycles. The fourth-order valence-electron chi connectivity index (χ4n) is 5.08. The van der Waals surface area contributed by atoms with Crippen molar-refractivity contribution in [2.45, 2.75) is 25.8 Å². The molecule has 5 rings (SSSR count). The molecule has 1 saturated heterocycles. The van der Waals surface area contributed by atoms with Gasteiger partial charge >= 0.3 is 0 Å². The number of likely N-dealkylation sites (N-methyl/N-ethyl adjacent to an activating group) is 1. The summed E-state index contributed by atoms with van der Waals surface area (Å²) in [5.74, 6) is 0.0963. The molecule has 4 aromatic rings. The van der Waals surface area contributed by atoms with Crippen molar-refractivity contribution in [2.75, 3.05) is 32.7 Å². The normalized spacial score (nSPS) is 15.4. The summed E-state index contributed by atoms with van der Waals surface area (Å²) in [5.41, 5.74) is 4.58. The summed E-state index contributed by atoms with van der Waals surface area (Å²) in [6, 6.07) is 22.8. The van der Waals surface area contributed by atoms with Crippen LogP contribution in [-0.4, -0.2) is 58.0 Å². The number of pyridine rings is 1. The van der Waals surface area contributed by atoms with Crippen LogP contribution in [0.5, 0.6) is 0 Å². The van der Waals surface area contributed by atoms with E-state index >= 15 is 0 Å². The molecule has 1 amide bonds. The molecule has 0 spiro atoms. The molecule has 2 aromatic carbocycles. The minimum absolute atomic E-state index is 0.0987. The van der Waals surface area contributed by atoms with E-state index in [1.807, 2.05) is 29.3 Å². The third-order valence-electron chi connectivity index (χ3n) is 7.09. The summed E-state index contributed by atoms with van der Waals surface area (Å²) < 4.78 is 2.29. The minimum atomic E-state index is -0.0987. The predicted octanol–water partition coefficient (Wildman–Crippen LogP) is 5.42. The summed E-state index contributed by atoms with van der Waals surface area (Å²) in [4.78, 5) is 22.3. The number of rotatable bonds is 7. The van der Waals surface area contributed by atoms with E-state index in [0.717, 1.165) is 50.4 Å². The quantitative estimate of drug-likeness (QED) is 0.327. The first-order valence-corrected chi connectivity index (χ1v) is 12.7. The van der Waals surface area contributed by atoms with Crippen molar-refractivity contribution < 1.29 is 4.79 Å². The number of carbonyl (C=O) groups is 1. The number of hydrogen-bond acceptors (Lipinski definition) is 3. The number of benzene rings is 2. The maximum atomic E-state index is 13.5. The summed E-state index contributed by atoms with van der Waals surface area (Å²) in [6.45, 7) is 7.42. The van der Waals surface area contributed by atoms with Crippen molar-refractivity contribution in [1.82, 2.24) is 19.4 Å². The molecule has 2 aromatic heterocycles. The zero-order chi connectivity index (χ0) is 24.2. The SMILES string of the molecule is CCN1CCN(C(=O)CC(c2ccc(Cl)nc2)c2cn(Cc3ccccc3)c3ccccc23)CC1. The van der Waals surface area contributed by atoms with Crippen LogP contribution in [-0.2, 0) is 11.3 Å². The molecule has 1 unspecified atom stereocenters. The fourth-order valence-corrected chi connectivity index (χ4v) is 5.19. The lowest BCUT2D eigenvalue weighted by molar-refractivity contribution is -0.133.